The van der Waals surface area contributed by atoms with Crippen molar-refractivity contribution in [2.75, 3.05) is 26.2 Å². The number of carbonyl (C=O) groups is 16. The highest BCUT2D eigenvalue weighted by atomic mass is 16.5. The molecule has 4 aromatic carbocycles. The van der Waals surface area contributed by atoms with Gasteiger partial charge in [-0.3, -0.25) is 71.9 Å². The summed E-state index contributed by atoms with van der Waals surface area (Å²) in [6.07, 6.45) is -4.86. The Bertz CT molecular complexity index is 4520. The van der Waals surface area contributed by atoms with Crippen LogP contribution in [0, 0.1) is 5.92 Å². The quantitative estimate of drug-likeness (QED) is 0.0285. The lowest BCUT2D eigenvalue weighted by Gasteiger charge is -2.31. The highest BCUT2D eigenvalue weighted by Gasteiger charge is 2.44. The molecule has 4 saturated heterocycles. The molecule has 21 N–H and O–H groups in total. The zero-order valence-corrected chi connectivity index (χ0v) is 66.8. The molecule has 4 aliphatic heterocycles. The number of phenolic OH excluding ortho intramolecular Hbond substituents is 3. The molecule has 646 valence electrons. The van der Waals surface area contributed by atoms with Crippen LogP contribution in [0.4, 0.5) is 0 Å². The topological polar surface area (TPSA) is 588 Å². The van der Waals surface area contributed by atoms with Crippen LogP contribution in [-0.2, 0) is 112 Å². The summed E-state index contributed by atoms with van der Waals surface area (Å²) in [5.74, 6) is -19.3. The number of aromatic hydroxyl groups is 3. The SMILES string of the molecule is CC1OC(=O)C[C@@H]2NC(=O)[C@H]3COC(=O)CC[C@H](NC(=O)[C@H](Cc4c[nH]c5ccccc45)NC2=O)C(=O)N[C@H](C(=O)N[C@@H](Cc2ccc(O)cc2)C(=O)O)CCC(=O)NCCCC[C@H](NC(=O)[C@@H](CCCCCN)NC(=O)[C@H]1NC(=O)[C@H](NC(=O)[C@@H](N)Cc1ccc(O)cc1)C(C)C)C(=O)N[C@@H](Cc1ccc(O)cc1)C(=O)N1CCC[C@H]1C(=O)N3. The van der Waals surface area contributed by atoms with Crippen molar-refractivity contribution in [2.45, 2.75) is 221 Å². The molecule has 120 heavy (non-hydrogen) atoms. The summed E-state index contributed by atoms with van der Waals surface area (Å²) in [4.78, 5) is 242. The van der Waals surface area contributed by atoms with Crippen LogP contribution in [-0.4, -0.2) is 236 Å². The van der Waals surface area contributed by atoms with Gasteiger partial charge in [-0.1, -0.05) is 81.3 Å². The number of esters is 2. The molecule has 4 bridgehead atoms. The van der Waals surface area contributed by atoms with E-state index >= 15 is 47.9 Å². The minimum atomic E-state index is -2.23. The normalized spacial score (nSPS) is 24.1. The third-order valence-corrected chi connectivity index (χ3v) is 21.2. The number of hydrogen-bond donors (Lipinski definition) is 19. The number of rotatable bonds is 21. The summed E-state index contributed by atoms with van der Waals surface area (Å²) in [7, 11) is 0. The van der Waals surface area contributed by atoms with Gasteiger partial charge in [0.1, 0.15) is 102 Å². The first-order valence-electron chi connectivity index (χ1n) is 40.1. The predicted octanol–water partition coefficient (Wildman–Crippen LogP) is -1.78. The first-order chi connectivity index (χ1) is 57.3. The number of carboxylic acid groups (broad SMARTS) is 1. The third kappa shape index (κ3) is 26.4. The molecule has 4 fully saturated rings. The van der Waals surface area contributed by atoms with Crippen LogP contribution in [0.25, 0.3) is 10.9 Å². The molecule has 1 aromatic heterocycles. The molecule has 1 unspecified atom stereocenters. The van der Waals surface area contributed by atoms with Crippen LogP contribution in [0.1, 0.15) is 133 Å². The molecular formula is C82H106N16O22. The van der Waals surface area contributed by atoms with E-state index in [2.05, 4.69) is 68.8 Å². The Labute approximate surface area is 690 Å². The van der Waals surface area contributed by atoms with Gasteiger partial charge in [-0.25, -0.2) is 4.79 Å². The van der Waals surface area contributed by atoms with E-state index in [1.54, 1.807) is 38.1 Å². The van der Waals surface area contributed by atoms with Crippen molar-refractivity contribution in [1.82, 2.24) is 73.7 Å². The number of nitrogens with two attached hydrogens (primary N) is 2. The molecule has 5 aromatic rings. The Balaban J connectivity index is 1.19. The lowest BCUT2D eigenvalue weighted by atomic mass is 10.00. The number of nitrogens with one attached hydrogen (secondary N) is 13. The number of benzene rings is 4. The van der Waals surface area contributed by atoms with Crippen LogP contribution < -0.4 is 75.3 Å². The molecule has 14 atom stereocenters. The number of nitrogens with zero attached hydrogens (tertiary/aromatic N) is 1. The van der Waals surface area contributed by atoms with Crippen molar-refractivity contribution in [2.24, 2.45) is 17.4 Å². The number of aliphatic carboxylic acids is 1. The largest absolute Gasteiger partial charge is 0.508 e. The van der Waals surface area contributed by atoms with Crippen molar-refractivity contribution in [1.29, 1.82) is 0 Å². The van der Waals surface area contributed by atoms with E-state index in [1.165, 1.54) is 79.0 Å². The Morgan fingerprint density at radius 1 is 0.567 bits per heavy atom. The van der Waals surface area contributed by atoms with E-state index < -0.39 is 230 Å². The summed E-state index contributed by atoms with van der Waals surface area (Å²) in [6.45, 7) is 3.07. The van der Waals surface area contributed by atoms with Gasteiger partial charge in [0, 0.05) is 62.3 Å². The van der Waals surface area contributed by atoms with Gasteiger partial charge in [-0.05, 0) is 148 Å². The van der Waals surface area contributed by atoms with Gasteiger partial charge in [-0.2, -0.15) is 0 Å². The minimum Gasteiger partial charge on any atom is -0.508 e. The Morgan fingerprint density at radius 2 is 1.16 bits per heavy atom. The Kier molecular flexibility index (Phi) is 33.1. The number of ether oxygens (including phenoxy) is 2. The first kappa shape index (κ1) is 91.2. The van der Waals surface area contributed by atoms with E-state index in [4.69, 9.17) is 20.9 Å². The first-order valence-corrected chi connectivity index (χ1v) is 40.1. The van der Waals surface area contributed by atoms with Gasteiger partial charge in [0.15, 0.2) is 0 Å². The maximum Gasteiger partial charge on any atom is 0.326 e. The van der Waals surface area contributed by atoms with Gasteiger partial charge in [-0.15, -0.1) is 0 Å². The number of hydrogen-bond acceptors (Lipinski definition) is 23. The summed E-state index contributed by atoms with van der Waals surface area (Å²) in [6, 6.07) is 0.735. The third-order valence-electron chi connectivity index (χ3n) is 21.2. The fourth-order valence-electron chi connectivity index (χ4n) is 14.4. The van der Waals surface area contributed by atoms with Crippen molar-refractivity contribution in [3.05, 3.63) is 126 Å². The fraction of sp³-hybridized carbons (Fsp3) is 0.488. The minimum absolute atomic E-state index is 0.0131. The number of para-hydroxylation sites is 1. The molecule has 0 spiro atoms. The molecule has 0 saturated carbocycles. The zero-order valence-electron chi connectivity index (χ0n) is 66.8. The van der Waals surface area contributed by atoms with E-state index in [9.17, 15) is 49.2 Å². The number of carboxylic acids is 1. The number of aromatic nitrogens is 1. The number of phenols is 3. The number of fused-ring (bicyclic) bond motifs is 13. The lowest BCUT2D eigenvalue weighted by Crippen LogP contribution is -2.62. The van der Waals surface area contributed by atoms with Gasteiger partial charge in [0.25, 0.3) is 0 Å². The van der Waals surface area contributed by atoms with Crippen molar-refractivity contribution < 1.29 is 107 Å². The van der Waals surface area contributed by atoms with Gasteiger partial charge in [0.05, 0.1) is 12.5 Å². The number of H-pyrrole nitrogens is 1. The maximum atomic E-state index is 15.6. The van der Waals surface area contributed by atoms with Crippen LogP contribution in [0.5, 0.6) is 17.2 Å². The second-order valence-electron chi connectivity index (χ2n) is 30.7. The van der Waals surface area contributed by atoms with E-state index in [-0.39, 0.29) is 101 Å². The van der Waals surface area contributed by atoms with Crippen molar-refractivity contribution >= 4 is 106 Å². The van der Waals surface area contributed by atoms with Gasteiger partial charge < -0.3 is 115 Å². The predicted molar refractivity (Wildman–Crippen MR) is 428 cm³/mol. The molecular weight excluding hydrogens is 1560 g/mol. The molecule has 13 amide bonds. The highest BCUT2D eigenvalue weighted by Crippen LogP contribution is 2.25. The van der Waals surface area contributed by atoms with Crippen LogP contribution >= 0.6 is 0 Å². The second-order valence-corrected chi connectivity index (χ2v) is 30.7. The van der Waals surface area contributed by atoms with Crippen molar-refractivity contribution in [3.8, 4) is 17.2 Å². The van der Waals surface area contributed by atoms with E-state index in [1.807, 2.05) is 0 Å². The summed E-state index contributed by atoms with van der Waals surface area (Å²) < 4.78 is 11.6. The van der Waals surface area contributed by atoms with E-state index in [0.717, 1.165) is 11.8 Å². The standard InChI is InChI=1S/C82H106N16O22/c1-43(2)68(96-70(105)53(84)36-45-17-23-49(99)24-18-45)79(114)97-69-44(3)120-67(104)40-60-76(111)91-59(39-48-41-86-54-13-7-6-12-52(48)54)75(110)89-58-30-32-66(103)119-42-63(77(112)92-60)95-78(113)64-16-11-35-98(64)81(116)61(37-46-19-25-50(100)26-20-46)93-72(107)55(87-71(106)56(90-80(69)115)14-5-4-9-33-83)15-8-10-34-85-65(102)31-29-57(88-73(58)108)74(109)94-62(82(117)118)38-47-21-27-51(101)28-22-47/h6-7,12-13,17-28,41,43-44,53,55-64,68-69,86,99-101H,4-5,8-11,14-16,29-40,42,83-84H2,1-3H3,(H,85,102)(H,87,106)(H,88,108)(H,89,110)(H,90,115)(H,91,111)(H,92,112)(H,93,107)(H,94,109)(H,95,113)(H,96,105)(H,97,114)(H,117,118)/t44?,53-,55-,56+,57-,58-,59-,60-,61-,62-,63+,64-,68+,69-/m0/s1. The molecule has 38 heteroatoms. The summed E-state index contributed by atoms with van der Waals surface area (Å²) >= 11 is 0. The number of aromatic amines is 1. The maximum absolute atomic E-state index is 15.6. The number of carbonyl (C=O) groups excluding carboxylic acids is 15. The number of unbranched alkanes of at least 4 members (excludes halogenated alkanes) is 2. The fourth-order valence-corrected chi connectivity index (χ4v) is 14.4. The Morgan fingerprint density at radius 3 is 1.82 bits per heavy atom. The summed E-state index contributed by atoms with van der Waals surface area (Å²) in [5.41, 5.74) is 14.4. The molecule has 4 aliphatic rings. The number of cyclic esters (lactones) is 1. The molecule has 0 radical (unpaired) electrons. The zero-order chi connectivity index (χ0) is 86.9. The molecule has 5 heterocycles. The summed E-state index contributed by atoms with van der Waals surface area (Å²) in [5, 5.41) is 72.2. The van der Waals surface area contributed by atoms with Gasteiger partial charge >= 0.3 is 17.9 Å². The molecule has 38 nitrogen and oxygen atoms in total. The Hall–Kier alpha value is -12.7. The van der Waals surface area contributed by atoms with Crippen LogP contribution in [0.2, 0.25) is 0 Å². The van der Waals surface area contributed by atoms with Crippen LogP contribution in [0.15, 0.2) is 103 Å². The highest BCUT2D eigenvalue weighted by molar-refractivity contribution is 6.02. The molecule has 0 aliphatic carbocycles. The smallest absolute Gasteiger partial charge is 0.326 e. The van der Waals surface area contributed by atoms with E-state index in [0.29, 0.717) is 46.0 Å². The molecule has 9 rings (SSSR count). The lowest BCUT2D eigenvalue weighted by molar-refractivity contribution is -0.154. The van der Waals surface area contributed by atoms with Crippen molar-refractivity contribution in [3.63, 3.8) is 0 Å². The van der Waals surface area contributed by atoms with Gasteiger partial charge in [0.2, 0.25) is 76.8 Å². The van der Waals surface area contributed by atoms with Crippen LogP contribution in [0.3, 0.4) is 0 Å². The number of amides is 13. The average Bonchev–Trinajstić information content (AvgIpc) is 1.67. The second kappa shape index (κ2) is 43.6. The monoisotopic (exact) mass is 1670 g/mol. The average molecular weight is 1670 g/mol.